The lowest BCUT2D eigenvalue weighted by molar-refractivity contribution is -0.116. The second kappa shape index (κ2) is 10.0. The normalized spacial score (nSPS) is 11.7. The van der Waals surface area contributed by atoms with Crippen LogP contribution in [0.2, 0.25) is 0 Å². The molecular weight excluding hydrogens is 384 g/mol. The number of aliphatic hydroxyl groups excluding tert-OH is 1. The quantitative estimate of drug-likeness (QED) is 0.589. The standard InChI is InChI=1S/C23H24N2O3S/c1-25(23(28)21-8-5-15-29-21)16-22(27)24-19-12-9-17(10-13-19)11-14-20(26)18-6-3-2-4-7-18/h2-10,12-13,15,20,26H,11,14,16H2,1H3,(H,24,27)/t20-/m1/s1. The molecule has 29 heavy (non-hydrogen) atoms. The summed E-state index contributed by atoms with van der Waals surface area (Å²) in [7, 11) is 1.61. The Morgan fingerprint density at radius 1 is 1.03 bits per heavy atom. The first-order valence-corrected chi connectivity index (χ1v) is 10.3. The van der Waals surface area contributed by atoms with Crippen LogP contribution in [0.5, 0.6) is 0 Å². The van der Waals surface area contributed by atoms with Crippen molar-refractivity contribution in [2.75, 3.05) is 18.9 Å². The van der Waals surface area contributed by atoms with Crippen LogP contribution in [-0.2, 0) is 11.2 Å². The molecule has 0 spiro atoms. The number of aryl methyl sites for hydroxylation is 1. The molecule has 0 aliphatic rings. The molecule has 0 fully saturated rings. The number of likely N-dealkylation sites (N-methyl/N-ethyl adjacent to an activating group) is 1. The van der Waals surface area contributed by atoms with Gasteiger partial charge in [-0.15, -0.1) is 11.3 Å². The van der Waals surface area contributed by atoms with Crippen molar-refractivity contribution in [3.63, 3.8) is 0 Å². The first kappa shape index (κ1) is 20.8. The highest BCUT2D eigenvalue weighted by molar-refractivity contribution is 7.12. The number of rotatable bonds is 8. The van der Waals surface area contributed by atoms with Gasteiger partial charge in [0.1, 0.15) is 0 Å². The first-order chi connectivity index (χ1) is 14.0. The van der Waals surface area contributed by atoms with Crippen LogP contribution in [0.1, 0.15) is 33.3 Å². The molecule has 5 nitrogen and oxygen atoms in total. The van der Waals surface area contributed by atoms with E-state index in [4.69, 9.17) is 0 Å². The van der Waals surface area contributed by atoms with Gasteiger partial charge in [-0.1, -0.05) is 48.5 Å². The van der Waals surface area contributed by atoms with Crippen LogP contribution in [0.3, 0.4) is 0 Å². The summed E-state index contributed by atoms with van der Waals surface area (Å²) in [5.74, 6) is -0.410. The molecule has 6 heteroatoms. The van der Waals surface area contributed by atoms with Crippen LogP contribution in [0.4, 0.5) is 5.69 Å². The van der Waals surface area contributed by atoms with E-state index in [2.05, 4.69) is 5.32 Å². The molecule has 0 unspecified atom stereocenters. The van der Waals surface area contributed by atoms with E-state index >= 15 is 0 Å². The highest BCUT2D eigenvalue weighted by Crippen LogP contribution is 2.19. The van der Waals surface area contributed by atoms with Crippen LogP contribution in [0.25, 0.3) is 0 Å². The van der Waals surface area contributed by atoms with E-state index in [0.717, 1.165) is 17.5 Å². The SMILES string of the molecule is CN(CC(=O)Nc1ccc(CC[C@@H](O)c2ccccc2)cc1)C(=O)c1cccs1. The van der Waals surface area contributed by atoms with Crippen molar-refractivity contribution in [3.8, 4) is 0 Å². The van der Waals surface area contributed by atoms with Crippen molar-refractivity contribution in [1.29, 1.82) is 0 Å². The molecule has 0 saturated heterocycles. The highest BCUT2D eigenvalue weighted by atomic mass is 32.1. The van der Waals surface area contributed by atoms with Gasteiger partial charge < -0.3 is 15.3 Å². The van der Waals surface area contributed by atoms with E-state index in [1.807, 2.05) is 66.0 Å². The van der Waals surface area contributed by atoms with Gasteiger partial charge in [0.2, 0.25) is 5.91 Å². The number of nitrogens with zero attached hydrogens (tertiary/aromatic N) is 1. The van der Waals surface area contributed by atoms with Gasteiger partial charge in [0.15, 0.2) is 0 Å². The summed E-state index contributed by atoms with van der Waals surface area (Å²) in [5.41, 5.74) is 2.68. The predicted molar refractivity (Wildman–Crippen MR) is 116 cm³/mol. The van der Waals surface area contributed by atoms with Gasteiger partial charge in [-0.05, 0) is 47.5 Å². The molecule has 3 rings (SSSR count). The minimum absolute atomic E-state index is 0.0121. The maximum Gasteiger partial charge on any atom is 0.264 e. The van der Waals surface area contributed by atoms with Gasteiger partial charge in [-0.2, -0.15) is 0 Å². The summed E-state index contributed by atoms with van der Waals surface area (Å²) in [6, 6.07) is 20.7. The molecule has 2 N–H and O–H groups in total. The molecule has 0 aliphatic heterocycles. The van der Waals surface area contributed by atoms with E-state index in [1.54, 1.807) is 13.1 Å². The number of benzene rings is 2. The largest absolute Gasteiger partial charge is 0.388 e. The van der Waals surface area contributed by atoms with E-state index in [1.165, 1.54) is 16.2 Å². The minimum atomic E-state index is -0.494. The number of carbonyl (C=O) groups is 2. The van der Waals surface area contributed by atoms with Crippen molar-refractivity contribution in [3.05, 3.63) is 88.1 Å². The fourth-order valence-corrected chi connectivity index (χ4v) is 3.69. The van der Waals surface area contributed by atoms with Crippen molar-refractivity contribution in [1.82, 2.24) is 4.90 Å². The van der Waals surface area contributed by atoms with Gasteiger partial charge in [0, 0.05) is 12.7 Å². The molecule has 3 aromatic rings. The first-order valence-electron chi connectivity index (χ1n) is 9.43. The van der Waals surface area contributed by atoms with E-state index in [-0.39, 0.29) is 18.4 Å². The number of aliphatic hydroxyl groups is 1. The summed E-state index contributed by atoms with van der Waals surface area (Å²) < 4.78 is 0. The summed E-state index contributed by atoms with van der Waals surface area (Å²) in [6.07, 6.45) is 0.875. The summed E-state index contributed by atoms with van der Waals surface area (Å²) in [4.78, 5) is 26.4. The fraction of sp³-hybridized carbons (Fsp3) is 0.217. The average Bonchev–Trinajstić information content (AvgIpc) is 3.28. The molecule has 0 aliphatic carbocycles. The number of hydrogen-bond acceptors (Lipinski definition) is 4. The monoisotopic (exact) mass is 408 g/mol. The molecule has 2 amide bonds. The second-order valence-corrected chi connectivity index (χ2v) is 7.80. The van der Waals surface area contributed by atoms with Crippen LogP contribution in [0.15, 0.2) is 72.1 Å². The second-order valence-electron chi connectivity index (χ2n) is 6.85. The zero-order chi connectivity index (χ0) is 20.6. The Bertz CT molecular complexity index is 925. The van der Waals surface area contributed by atoms with E-state index in [9.17, 15) is 14.7 Å². The number of anilines is 1. The highest BCUT2D eigenvalue weighted by Gasteiger charge is 2.15. The number of carbonyl (C=O) groups excluding carboxylic acids is 2. The maximum atomic E-state index is 12.2. The van der Waals surface area contributed by atoms with Gasteiger partial charge in [0.25, 0.3) is 5.91 Å². The van der Waals surface area contributed by atoms with Crippen molar-refractivity contribution in [2.45, 2.75) is 18.9 Å². The van der Waals surface area contributed by atoms with Crippen LogP contribution in [0, 0.1) is 0 Å². The summed E-state index contributed by atoms with van der Waals surface area (Å²) in [5, 5.41) is 14.9. The molecular formula is C23H24N2O3S. The van der Waals surface area contributed by atoms with E-state index in [0.29, 0.717) is 17.0 Å². The van der Waals surface area contributed by atoms with Crippen LogP contribution >= 0.6 is 11.3 Å². The topological polar surface area (TPSA) is 69.6 Å². The maximum absolute atomic E-state index is 12.2. The van der Waals surface area contributed by atoms with Gasteiger partial charge >= 0.3 is 0 Å². The Balaban J connectivity index is 1.47. The lowest BCUT2D eigenvalue weighted by Gasteiger charge is -2.16. The molecule has 150 valence electrons. The molecule has 0 saturated carbocycles. The summed E-state index contributed by atoms with van der Waals surface area (Å²) >= 11 is 1.36. The summed E-state index contributed by atoms with van der Waals surface area (Å²) in [6.45, 7) is -0.0121. The van der Waals surface area contributed by atoms with Crippen LogP contribution < -0.4 is 5.32 Å². The predicted octanol–water partition coefficient (Wildman–Crippen LogP) is 4.13. The number of hydrogen-bond donors (Lipinski definition) is 2. The third kappa shape index (κ3) is 6.01. The number of nitrogens with one attached hydrogen (secondary N) is 1. The van der Waals surface area contributed by atoms with Crippen molar-refractivity contribution >= 4 is 28.8 Å². The third-order valence-corrected chi connectivity index (χ3v) is 5.45. The molecule has 2 aromatic carbocycles. The molecule has 1 heterocycles. The average molecular weight is 409 g/mol. The number of thiophene rings is 1. The Kier molecular flexibility index (Phi) is 7.16. The van der Waals surface area contributed by atoms with Crippen molar-refractivity contribution < 1.29 is 14.7 Å². The Labute approximate surface area is 174 Å². The zero-order valence-corrected chi connectivity index (χ0v) is 17.1. The van der Waals surface area contributed by atoms with Crippen LogP contribution in [-0.4, -0.2) is 35.4 Å². The lowest BCUT2D eigenvalue weighted by Crippen LogP contribution is -2.34. The fourth-order valence-electron chi connectivity index (χ4n) is 2.98. The lowest BCUT2D eigenvalue weighted by atomic mass is 10.0. The molecule has 0 radical (unpaired) electrons. The molecule has 1 aromatic heterocycles. The smallest absolute Gasteiger partial charge is 0.264 e. The minimum Gasteiger partial charge on any atom is -0.388 e. The van der Waals surface area contributed by atoms with Gasteiger partial charge in [-0.25, -0.2) is 0 Å². The van der Waals surface area contributed by atoms with Gasteiger partial charge in [-0.3, -0.25) is 9.59 Å². The zero-order valence-electron chi connectivity index (χ0n) is 16.2. The molecule has 0 bridgehead atoms. The Hall–Kier alpha value is -2.96. The van der Waals surface area contributed by atoms with E-state index < -0.39 is 6.10 Å². The van der Waals surface area contributed by atoms with Gasteiger partial charge in [0.05, 0.1) is 17.5 Å². The Morgan fingerprint density at radius 2 is 1.76 bits per heavy atom. The molecule has 1 atom stereocenters. The number of amides is 2. The Morgan fingerprint density at radius 3 is 2.41 bits per heavy atom. The van der Waals surface area contributed by atoms with Crippen molar-refractivity contribution in [2.24, 2.45) is 0 Å². The third-order valence-electron chi connectivity index (χ3n) is 4.59.